The zero-order valence-corrected chi connectivity index (χ0v) is 20.8. The van der Waals surface area contributed by atoms with E-state index >= 15 is 0 Å². The highest BCUT2D eigenvalue weighted by molar-refractivity contribution is 8.14. The molecule has 1 aromatic carbocycles. The molecule has 1 aliphatic carbocycles. The maximum absolute atomic E-state index is 13.1. The van der Waals surface area contributed by atoms with E-state index in [9.17, 15) is 4.79 Å². The predicted octanol–water partition coefficient (Wildman–Crippen LogP) is 5.24. The lowest BCUT2D eigenvalue weighted by molar-refractivity contribution is 0.0920. The molecule has 2 heterocycles. The first-order valence-corrected chi connectivity index (χ1v) is 12.5. The lowest BCUT2D eigenvalue weighted by atomic mass is 9.90. The van der Waals surface area contributed by atoms with E-state index in [0.717, 1.165) is 40.3 Å². The van der Waals surface area contributed by atoms with Crippen LogP contribution in [-0.4, -0.2) is 36.0 Å². The molecule has 33 heavy (non-hydrogen) atoms. The molecule has 0 bridgehead atoms. The lowest BCUT2D eigenvalue weighted by Crippen LogP contribution is -2.23. The second kappa shape index (κ2) is 10.1. The number of ether oxygens (including phenoxy) is 3. The number of hydrogen-bond donors (Lipinski definition) is 1. The van der Waals surface area contributed by atoms with Crippen molar-refractivity contribution in [2.45, 2.75) is 65.3 Å². The average Bonchev–Trinajstić information content (AvgIpc) is 3.33. The van der Waals surface area contributed by atoms with Crippen LogP contribution in [-0.2, 0) is 13.0 Å². The van der Waals surface area contributed by atoms with Crippen LogP contribution >= 0.6 is 11.8 Å². The van der Waals surface area contributed by atoms with Crippen molar-refractivity contribution in [3.8, 4) is 17.2 Å². The first-order valence-electron chi connectivity index (χ1n) is 11.6. The first kappa shape index (κ1) is 23.5. The lowest BCUT2D eigenvalue weighted by Gasteiger charge is -2.22. The van der Waals surface area contributed by atoms with Crippen LogP contribution in [0.3, 0.4) is 0 Å². The van der Waals surface area contributed by atoms with Crippen molar-refractivity contribution < 1.29 is 23.4 Å². The van der Waals surface area contributed by atoms with Crippen LogP contribution in [0.4, 0.5) is 0 Å². The molecule has 0 radical (unpaired) electrons. The normalized spacial score (nSPS) is 18.9. The van der Waals surface area contributed by atoms with Gasteiger partial charge in [-0.05, 0) is 58.7 Å². The van der Waals surface area contributed by atoms with Gasteiger partial charge in [0.2, 0.25) is 5.75 Å². The maximum atomic E-state index is 13.1. The summed E-state index contributed by atoms with van der Waals surface area (Å²) in [6.07, 6.45) is 1.86. The quantitative estimate of drug-likeness (QED) is 0.538. The van der Waals surface area contributed by atoms with E-state index in [-0.39, 0.29) is 11.9 Å². The Balaban J connectivity index is 1.54. The van der Waals surface area contributed by atoms with E-state index in [1.807, 2.05) is 51.6 Å². The Kier molecular flexibility index (Phi) is 7.22. The Morgan fingerprint density at radius 2 is 1.79 bits per heavy atom. The first-order chi connectivity index (χ1) is 16.0. The molecular weight excluding hydrogens is 440 g/mol. The summed E-state index contributed by atoms with van der Waals surface area (Å²) in [5, 5.41) is 4.55. The third-order valence-electron chi connectivity index (χ3n) is 5.85. The largest absolute Gasteiger partial charge is 0.490 e. The smallest absolute Gasteiger partial charge is 0.287 e. The Hall–Kier alpha value is -2.61. The molecule has 2 aromatic rings. The van der Waals surface area contributed by atoms with Gasteiger partial charge >= 0.3 is 0 Å². The van der Waals surface area contributed by atoms with Crippen LogP contribution in [0.2, 0.25) is 0 Å². The summed E-state index contributed by atoms with van der Waals surface area (Å²) in [5.74, 6) is 2.86. The van der Waals surface area contributed by atoms with Crippen molar-refractivity contribution in [2.75, 3.05) is 19.8 Å². The summed E-state index contributed by atoms with van der Waals surface area (Å²) in [6.45, 7) is 11.6. The van der Waals surface area contributed by atoms with Gasteiger partial charge in [-0.1, -0.05) is 0 Å². The summed E-state index contributed by atoms with van der Waals surface area (Å²) >= 11 is 1.84. The van der Waals surface area contributed by atoms with E-state index < -0.39 is 0 Å². The Labute approximate surface area is 199 Å². The summed E-state index contributed by atoms with van der Waals surface area (Å²) in [5.41, 5.74) is 2.85. The number of nitrogens with one attached hydrogen (secondary N) is 1. The molecule has 1 aliphatic heterocycles. The van der Waals surface area contributed by atoms with Gasteiger partial charge in [-0.15, -0.1) is 11.8 Å². The molecule has 1 amide bonds. The Morgan fingerprint density at radius 3 is 2.42 bits per heavy atom. The number of amides is 1. The van der Waals surface area contributed by atoms with Gasteiger partial charge in [-0.3, -0.25) is 9.79 Å². The molecule has 4 rings (SSSR count). The number of hydrogen-bond acceptors (Lipinski definition) is 7. The van der Waals surface area contributed by atoms with Crippen LogP contribution in [0.1, 0.15) is 73.2 Å². The van der Waals surface area contributed by atoms with Crippen molar-refractivity contribution in [3.05, 3.63) is 40.3 Å². The highest BCUT2D eigenvalue weighted by Gasteiger charge is 2.39. The summed E-state index contributed by atoms with van der Waals surface area (Å²) in [6, 6.07) is 3.86. The van der Waals surface area contributed by atoms with Crippen molar-refractivity contribution in [2.24, 2.45) is 4.99 Å². The molecule has 2 atom stereocenters. The van der Waals surface area contributed by atoms with E-state index in [1.54, 1.807) is 0 Å². The number of benzene rings is 1. The molecule has 8 heteroatoms. The molecule has 2 aliphatic rings. The average molecular weight is 473 g/mol. The molecule has 0 fully saturated rings. The molecule has 0 saturated carbocycles. The minimum atomic E-state index is -0.227. The van der Waals surface area contributed by atoms with Crippen molar-refractivity contribution in [3.63, 3.8) is 0 Å². The maximum Gasteiger partial charge on any atom is 0.287 e. The summed E-state index contributed by atoms with van der Waals surface area (Å²) < 4.78 is 23.4. The highest BCUT2D eigenvalue weighted by Crippen LogP contribution is 2.47. The number of carbonyl (C=O) groups is 1. The third-order valence-corrected chi connectivity index (χ3v) is 7.09. The second-order valence-corrected chi connectivity index (χ2v) is 9.52. The van der Waals surface area contributed by atoms with Gasteiger partial charge in [0.05, 0.1) is 30.9 Å². The van der Waals surface area contributed by atoms with Crippen LogP contribution in [0.15, 0.2) is 21.5 Å². The molecular formula is C25H32N2O5S. The standard InChI is InChI=1S/C25H32N2O5S/c1-6-29-18-11-16(12-19(30-7-2)24(18)31-8-3)13-26-25(28)23-14(4)21-17(32-23)9-10-20-22(21)27-15(5)33-20/h11-12,20,22H,6-10,13H2,1-5H3,(H,26,28)/t20-,22+/m1/s1. The summed E-state index contributed by atoms with van der Waals surface area (Å²) in [7, 11) is 0. The van der Waals surface area contributed by atoms with E-state index in [1.165, 1.54) is 0 Å². The SMILES string of the molecule is CCOc1cc(CNC(=O)c2oc3c(c2C)[C@H]2N=C(C)S[C@@H]2CC3)cc(OCC)c1OCC. The van der Waals surface area contributed by atoms with E-state index in [0.29, 0.717) is 54.6 Å². The minimum Gasteiger partial charge on any atom is -0.490 e. The fourth-order valence-corrected chi connectivity index (χ4v) is 5.69. The fourth-order valence-electron chi connectivity index (χ4n) is 4.52. The number of fused-ring (bicyclic) bond motifs is 3. The number of thioether (sulfide) groups is 1. The molecule has 0 saturated heterocycles. The van der Waals surface area contributed by atoms with Crippen LogP contribution < -0.4 is 19.5 Å². The van der Waals surface area contributed by atoms with Crippen LogP contribution in [0.25, 0.3) is 0 Å². The molecule has 0 spiro atoms. The number of nitrogens with zero attached hydrogens (tertiary/aromatic N) is 1. The van der Waals surface area contributed by atoms with Crippen LogP contribution in [0.5, 0.6) is 17.2 Å². The minimum absolute atomic E-state index is 0.0951. The van der Waals surface area contributed by atoms with Crippen LogP contribution in [0, 0.1) is 6.92 Å². The number of aliphatic imine (C=N–C) groups is 1. The van der Waals surface area contributed by atoms with Gasteiger partial charge in [0, 0.05) is 29.3 Å². The predicted molar refractivity (Wildman–Crippen MR) is 130 cm³/mol. The molecule has 7 nitrogen and oxygen atoms in total. The third kappa shape index (κ3) is 4.71. The topological polar surface area (TPSA) is 82.3 Å². The van der Waals surface area contributed by atoms with Gasteiger partial charge in [-0.2, -0.15) is 0 Å². The molecule has 0 unspecified atom stereocenters. The zero-order chi connectivity index (χ0) is 23.5. The molecule has 178 valence electrons. The van der Waals surface area contributed by atoms with E-state index in [4.69, 9.17) is 23.6 Å². The van der Waals surface area contributed by atoms with Gasteiger partial charge in [0.1, 0.15) is 5.76 Å². The number of aryl methyl sites for hydroxylation is 1. The van der Waals surface area contributed by atoms with Gasteiger partial charge in [0.25, 0.3) is 5.91 Å². The number of carbonyl (C=O) groups excluding carboxylic acids is 1. The fraction of sp³-hybridized carbons (Fsp3) is 0.520. The molecule has 1 N–H and O–H groups in total. The Bertz CT molecular complexity index is 1030. The summed E-state index contributed by atoms with van der Waals surface area (Å²) in [4.78, 5) is 17.9. The van der Waals surface area contributed by atoms with Crippen molar-refractivity contribution in [1.82, 2.24) is 5.32 Å². The van der Waals surface area contributed by atoms with Crippen molar-refractivity contribution >= 4 is 22.7 Å². The van der Waals surface area contributed by atoms with Gasteiger partial charge in [-0.25, -0.2) is 0 Å². The Morgan fingerprint density at radius 1 is 1.12 bits per heavy atom. The van der Waals surface area contributed by atoms with Crippen molar-refractivity contribution in [1.29, 1.82) is 0 Å². The number of furan rings is 1. The van der Waals surface area contributed by atoms with Gasteiger partial charge < -0.3 is 23.9 Å². The molecule has 1 aromatic heterocycles. The van der Waals surface area contributed by atoms with E-state index in [2.05, 4.69) is 12.2 Å². The second-order valence-electron chi connectivity index (χ2n) is 8.08. The number of rotatable bonds is 9. The zero-order valence-electron chi connectivity index (χ0n) is 19.9. The van der Waals surface area contributed by atoms with Gasteiger partial charge in [0.15, 0.2) is 17.3 Å². The highest BCUT2D eigenvalue weighted by atomic mass is 32.2. The monoisotopic (exact) mass is 472 g/mol.